The van der Waals surface area contributed by atoms with Crippen molar-refractivity contribution in [2.45, 2.75) is 29.4 Å². The Hall–Kier alpha value is -4.24. The monoisotopic (exact) mass is 714 g/mol. The van der Waals surface area contributed by atoms with E-state index in [0.717, 1.165) is 4.31 Å². The molecule has 3 aromatic carbocycles. The maximum atomic E-state index is 13.6. The van der Waals surface area contributed by atoms with Crippen LogP contribution in [0.15, 0.2) is 133 Å². The minimum atomic E-state index is -4.04. The Bertz CT molecular complexity index is 2030. The molecule has 0 aliphatic heterocycles. The van der Waals surface area contributed by atoms with Gasteiger partial charge < -0.3 is 8.83 Å². The van der Waals surface area contributed by atoms with Crippen LogP contribution in [0.25, 0.3) is 0 Å². The molecule has 0 spiro atoms. The van der Waals surface area contributed by atoms with Crippen molar-refractivity contribution in [2.75, 3.05) is 6.54 Å². The average molecular weight is 716 g/mol. The number of sulfonamides is 2. The van der Waals surface area contributed by atoms with Crippen molar-refractivity contribution < 1.29 is 30.5 Å². The van der Waals surface area contributed by atoms with Crippen LogP contribution >= 0.6 is 23.2 Å². The van der Waals surface area contributed by atoms with Crippen LogP contribution in [0.3, 0.4) is 0 Å². The lowest BCUT2D eigenvalue weighted by molar-refractivity contribution is -0.121. The zero-order valence-electron chi connectivity index (χ0n) is 24.6. The van der Waals surface area contributed by atoms with Gasteiger partial charge in [0.25, 0.3) is 5.91 Å². The Kier molecular flexibility index (Phi) is 11.0. The molecule has 0 aliphatic rings. The molecule has 0 unspecified atom stereocenters. The van der Waals surface area contributed by atoms with Gasteiger partial charge in [0.05, 0.1) is 41.9 Å². The van der Waals surface area contributed by atoms with Gasteiger partial charge in [0, 0.05) is 16.6 Å². The zero-order valence-corrected chi connectivity index (χ0v) is 27.7. The van der Waals surface area contributed by atoms with E-state index in [4.69, 9.17) is 32.0 Å². The number of hydrogen-bond donors (Lipinski definition) is 1. The molecule has 1 N–H and O–H groups in total. The van der Waals surface area contributed by atoms with Crippen LogP contribution in [0.2, 0.25) is 10.0 Å². The number of benzene rings is 3. The molecule has 2 heterocycles. The van der Waals surface area contributed by atoms with E-state index in [2.05, 4.69) is 10.5 Å². The number of nitrogens with zero attached hydrogens (tertiary/aromatic N) is 3. The van der Waals surface area contributed by atoms with Gasteiger partial charge in [0.15, 0.2) is 0 Å². The molecular formula is C32H28Cl2N4O7S2. The number of hydrazone groups is 1. The van der Waals surface area contributed by atoms with Gasteiger partial charge in [-0.3, -0.25) is 4.79 Å². The first kappa shape index (κ1) is 34.1. The van der Waals surface area contributed by atoms with Gasteiger partial charge in [-0.05, 0) is 78.4 Å². The molecule has 0 bridgehead atoms. The van der Waals surface area contributed by atoms with Crippen molar-refractivity contribution >= 4 is 55.4 Å². The summed E-state index contributed by atoms with van der Waals surface area (Å²) in [6.07, 6.45) is 2.63. The number of amides is 1. The molecule has 0 aliphatic carbocycles. The normalized spacial score (nSPS) is 12.3. The highest BCUT2D eigenvalue weighted by Crippen LogP contribution is 2.24. The van der Waals surface area contributed by atoms with Crippen LogP contribution in [-0.2, 0) is 44.5 Å². The van der Waals surface area contributed by atoms with Crippen molar-refractivity contribution in [2.24, 2.45) is 5.10 Å². The molecule has 1 amide bonds. The molecule has 0 fully saturated rings. The van der Waals surface area contributed by atoms with Crippen LogP contribution in [0.5, 0.6) is 0 Å². The van der Waals surface area contributed by atoms with E-state index in [1.807, 2.05) is 0 Å². The molecule has 15 heteroatoms. The predicted molar refractivity (Wildman–Crippen MR) is 177 cm³/mol. The van der Waals surface area contributed by atoms with Gasteiger partial charge >= 0.3 is 0 Å². The molecule has 2 aromatic heterocycles. The standard InChI is InChI=1S/C32H28Cl2N4O7S2/c33-25-10-8-24(9-11-25)20-37(47(42,43)31-16-12-26(34)13-17-31)22-29-15-14-27(45-29)19-35-36-32(39)23-38(21-28-5-4-18-44-28)46(40,41)30-6-2-1-3-7-30/h1-19H,20-23H2,(H,36,39)/b35-19-. The Morgan fingerprint density at radius 2 is 1.32 bits per heavy atom. The molecule has 5 aromatic rings. The summed E-state index contributed by atoms with van der Waals surface area (Å²) in [5, 5.41) is 4.82. The lowest BCUT2D eigenvalue weighted by Crippen LogP contribution is -2.38. The topological polar surface area (TPSA) is 142 Å². The Labute approximate surface area is 282 Å². The Morgan fingerprint density at radius 3 is 1.98 bits per heavy atom. The summed E-state index contributed by atoms with van der Waals surface area (Å²) >= 11 is 12.0. The summed E-state index contributed by atoms with van der Waals surface area (Å²) in [6, 6.07) is 26.8. The van der Waals surface area contributed by atoms with Gasteiger partial charge in [0.1, 0.15) is 17.3 Å². The summed E-state index contributed by atoms with van der Waals surface area (Å²) in [5.41, 5.74) is 3.02. The smallest absolute Gasteiger partial charge is 0.255 e. The van der Waals surface area contributed by atoms with E-state index in [0.29, 0.717) is 27.1 Å². The lowest BCUT2D eigenvalue weighted by atomic mass is 10.2. The third-order valence-corrected chi connectivity index (χ3v) is 10.8. The number of rotatable bonds is 14. The second-order valence-corrected chi connectivity index (χ2v) is 14.9. The molecule has 0 saturated heterocycles. The van der Waals surface area contributed by atoms with E-state index in [-0.39, 0.29) is 35.2 Å². The summed E-state index contributed by atoms with van der Waals surface area (Å²) in [4.78, 5) is 12.9. The maximum absolute atomic E-state index is 13.6. The SMILES string of the molecule is O=C(CN(Cc1ccco1)S(=O)(=O)c1ccccc1)N/N=C\c1ccc(CN(Cc2ccc(Cl)cc2)S(=O)(=O)c2ccc(Cl)cc2)o1. The number of hydrogen-bond acceptors (Lipinski definition) is 8. The minimum absolute atomic E-state index is 0.0224. The summed E-state index contributed by atoms with van der Waals surface area (Å²) in [7, 11) is -8.02. The fraction of sp³-hybridized carbons (Fsp3) is 0.125. The van der Waals surface area contributed by atoms with Crippen molar-refractivity contribution in [1.29, 1.82) is 0 Å². The fourth-order valence-electron chi connectivity index (χ4n) is 4.40. The number of halogens is 2. The van der Waals surface area contributed by atoms with Gasteiger partial charge in [0.2, 0.25) is 20.0 Å². The number of carbonyl (C=O) groups is 1. The molecule has 47 heavy (non-hydrogen) atoms. The highest BCUT2D eigenvalue weighted by atomic mass is 35.5. The first-order chi connectivity index (χ1) is 22.5. The van der Waals surface area contributed by atoms with E-state index in [1.165, 1.54) is 53.2 Å². The largest absolute Gasteiger partial charge is 0.468 e. The van der Waals surface area contributed by atoms with Crippen LogP contribution in [0.4, 0.5) is 0 Å². The molecule has 5 rings (SSSR count). The third-order valence-electron chi connectivity index (χ3n) is 6.73. The Morgan fingerprint density at radius 1 is 0.702 bits per heavy atom. The van der Waals surface area contributed by atoms with Crippen molar-refractivity contribution in [1.82, 2.24) is 14.0 Å². The number of furan rings is 2. The molecule has 0 atom stereocenters. The summed E-state index contributed by atoms with van der Waals surface area (Å²) < 4.78 is 67.1. The van der Waals surface area contributed by atoms with Crippen molar-refractivity contribution in [3.8, 4) is 0 Å². The minimum Gasteiger partial charge on any atom is -0.468 e. The fourth-order valence-corrected chi connectivity index (χ4v) is 7.43. The third kappa shape index (κ3) is 8.98. The van der Waals surface area contributed by atoms with Crippen LogP contribution < -0.4 is 5.43 Å². The molecule has 11 nitrogen and oxygen atoms in total. The van der Waals surface area contributed by atoms with E-state index >= 15 is 0 Å². The van der Waals surface area contributed by atoms with Gasteiger partial charge in [-0.1, -0.05) is 53.5 Å². The second-order valence-electron chi connectivity index (χ2n) is 10.1. The molecule has 0 saturated carbocycles. The first-order valence-corrected chi connectivity index (χ1v) is 17.6. The van der Waals surface area contributed by atoms with Crippen molar-refractivity contribution in [3.63, 3.8) is 0 Å². The average Bonchev–Trinajstić information content (AvgIpc) is 3.74. The van der Waals surface area contributed by atoms with E-state index < -0.39 is 32.5 Å². The molecule has 0 radical (unpaired) electrons. The van der Waals surface area contributed by atoms with Gasteiger partial charge in [-0.15, -0.1) is 0 Å². The first-order valence-electron chi connectivity index (χ1n) is 14.0. The summed E-state index contributed by atoms with van der Waals surface area (Å²) in [6.45, 7) is -0.801. The van der Waals surface area contributed by atoms with Crippen LogP contribution in [-0.4, -0.2) is 44.1 Å². The second kappa shape index (κ2) is 15.1. The van der Waals surface area contributed by atoms with Gasteiger partial charge in [-0.2, -0.15) is 13.7 Å². The van der Waals surface area contributed by atoms with Crippen molar-refractivity contribution in [3.05, 3.63) is 142 Å². The zero-order chi connectivity index (χ0) is 33.4. The molecular weight excluding hydrogens is 687 g/mol. The van der Waals surface area contributed by atoms with E-state index in [9.17, 15) is 21.6 Å². The van der Waals surface area contributed by atoms with Crippen LogP contribution in [0, 0.1) is 0 Å². The van der Waals surface area contributed by atoms with E-state index in [1.54, 1.807) is 66.7 Å². The highest BCUT2D eigenvalue weighted by Gasteiger charge is 2.28. The summed E-state index contributed by atoms with van der Waals surface area (Å²) in [5.74, 6) is 0.178. The number of carbonyl (C=O) groups excluding carboxylic acids is 1. The highest BCUT2D eigenvalue weighted by molar-refractivity contribution is 7.89. The quantitative estimate of drug-likeness (QED) is 0.111. The molecule has 244 valence electrons. The predicted octanol–water partition coefficient (Wildman–Crippen LogP) is 5.91. The number of nitrogens with one attached hydrogen (secondary N) is 1. The Balaban J connectivity index is 1.27. The van der Waals surface area contributed by atoms with Crippen LogP contribution in [0.1, 0.15) is 22.8 Å². The lowest BCUT2D eigenvalue weighted by Gasteiger charge is -2.21. The van der Waals surface area contributed by atoms with Gasteiger partial charge in [-0.25, -0.2) is 22.3 Å². The maximum Gasteiger partial charge on any atom is 0.255 e.